The third-order valence-corrected chi connectivity index (χ3v) is 8.25. The number of nitrogens with zero attached hydrogens (tertiary/aromatic N) is 2. The van der Waals surface area contributed by atoms with Crippen LogP contribution < -0.4 is 0 Å². The highest BCUT2D eigenvalue weighted by Crippen LogP contribution is 2.43. The van der Waals surface area contributed by atoms with Gasteiger partial charge in [-0.3, -0.25) is 0 Å². The van der Waals surface area contributed by atoms with Crippen molar-refractivity contribution in [3.63, 3.8) is 0 Å². The minimum atomic E-state index is 0.609. The van der Waals surface area contributed by atoms with E-state index >= 15 is 0 Å². The van der Waals surface area contributed by atoms with Gasteiger partial charge in [0.1, 0.15) is 16.7 Å². The second-order valence-electron chi connectivity index (χ2n) is 10.4. The molecule has 0 N–H and O–H groups in total. The zero-order valence-electron chi connectivity index (χ0n) is 21.8. The van der Waals surface area contributed by atoms with Crippen molar-refractivity contribution in [3.05, 3.63) is 127 Å². The van der Waals surface area contributed by atoms with E-state index in [1.165, 1.54) is 0 Å². The summed E-state index contributed by atoms with van der Waals surface area (Å²) in [4.78, 5) is 0. The van der Waals surface area contributed by atoms with Crippen LogP contribution in [0.2, 0.25) is 0 Å². The number of hydrogen-bond acceptors (Lipinski definition) is 3. The first kappa shape index (κ1) is 22.1. The molecule has 9 aromatic rings. The number of furan rings is 2. The van der Waals surface area contributed by atoms with Gasteiger partial charge in [0.25, 0.3) is 0 Å². The normalized spacial score (nSPS) is 11.9. The molecule has 0 aliphatic rings. The van der Waals surface area contributed by atoms with Crippen LogP contribution in [0.5, 0.6) is 0 Å². The third kappa shape index (κ3) is 2.98. The van der Waals surface area contributed by atoms with Crippen LogP contribution in [0.15, 0.2) is 130 Å². The van der Waals surface area contributed by atoms with Gasteiger partial charge in [0.2, 0.25) is 0 Å². The second-order valence-corrected chi connectivity index (χ2v) is 10.4. The molecule has 6 aromatic carbocycles. The summed E-state index contributed by atoms with van der Waals surface area (Å²) < 4.78 is 14.9. The Bertz CT molecular complexity index is 2550. The lowest BCUT2D eigenvalue weighted by Gasteiger charge is -2.15. The largest absolute Gasteiger partial charge is 0.456 e. The van der Waals surface area contributed by atoms with Gasteiger partial charge in [-0.25, -0.2) is 0 Å². The lowest BCUT2D eigenvalue weighted by atomic mass is 9.96. The quantitative estimate of drug-likeness (QED) is 0.226. The third-order valence-electron chi connectivity index (χ3n) is 8.25. The van der Waals surface area contributed by atoms with E-state index in [0.29, 0.717) is 5.56 Å². The Labute approximate surface area is 233 Å². The van der Waals surface area contributed by atoms with Gasteiger partial charge in [-0.1, -0.05) is 72.8 Å². The molecule has 0 atom stereocenters. The van der Waals surface area contributed by atoms with Crippen molar-refractivity contribution in [2.75, 3.05) is 0 Å². The molecule has 0 saturated carbocycles. The van der Waals surface area contributed by atoms with Crippen molar-refractivity contribution in [1.29, 1.82) is 5.26 Å². The van der Waals surface area contributed by atoms with Gasteiger partial charge >= 0.3 is 0 Å². The molecule has 0 aliphatic carbocycles. The van der Waals surface area contributed by atoms with E-state index in [0.717, 1.165) is 82.5 Å². The monoisotopic (exact) mass is 524 g/mol. The number of para-hydroxylation sites is 3. The zero-order valence-corrected chi connectivity index (χ0v) is 21.8. The van der Waals surface area contributed by atoms with Crippen LogP contribution in [0.3, 0.4) is 0 Å². The van der Waals surface area contributed by atoms with Crippen LogP contribution in [-0.4, -0.2) is 4.57 Å². The smallest absolute Gasteiger partial charge is 0.160 e. The fourth-order valence-corrected chi connectivity index (χ4v) is 6.49. The van der Waals surface area contributed by atoms with Crippen LogP contribution in [0.4, 0.5) is 0 Å². The van der Waals surface area contributed by atoms with Crippen LogP contribution in [0.25, 0.3) is 82.5 Å². The molecular formula is C37H20N2O2. The Kier molecular flexibility index (Phi) is 4.37. The molecule has 4 heteroatoms. The molecule has 3 heterocycles. The molecule has 190 valence electrons. The molecule has 0 spiro atoms. The van der Waals surface area contributed by atoms with Gasteiger partial charge < -0.3 is 13.4 Å². The number of benzene rings is 6. The molecule has 9 rings (SSSR count). The molecule has 4 nitrogen and oxygen atoms in total. The highest BCUT2D eigenvalue weighted by Gasteiger charge is 2.22. The maximum Gasteiger partial charge on any atom is 0.160 e. The van der Waals surface area contributed by atoms with E-state index in [2.05, 4.69) is 77.4 Å². The highest BCUT2D eigenvalue weighted by atomic mass is 16.3. The van der Waals surface area contributed by atoms with Gasteiger partial charge in [-0.2, -0.15) is 5.26 Å². The van der Waals surface area contributed by atoms with Gasteiger partial charge in [0.05, 0.1) is 28.4 Å². The van der Waals surface area contributed by atoms with E-state index < -0.39 is 0 Å². The van der Waals surface area contributed by atoms with Gasteiger partial charge in [0.15, 0.2) is 5.58 Å². The standard InChI is InChI=1S/C37H20N2O2/c38-21-23-8-7-13-31(35(23)22-16-19-34-29(20-22)26-11-3-5-14-32(26)40-34)39-30-12-4-1-9-24(30)27-17-18-28-25-10-2-6-15-33(25)41-37(28)36(27)39/h1-20H. The van der Waals surface area contributed by atoms with Gasteiger partial charge in [-0.15, -0.1) is 0 Å². The van der Waals surface area contributed by atoms with Crippen molar-refractivity contribution in [2.45, 2.75) is 0 Å². The van der Waals surface area contributed by atoms with Crippen molar-refractivity contribution < 1.29 is 8.83 Å². The lowest BCUT2D eigenvalue weighted by Crippen LogP contribution is -1.99. The maximum atomic E-state index is 10.3. The highest BCUT2D eigenvalue weighted by molar-refractivity contribution is 6.21. The first-order valence-electron chi connectivity index (χ1n) is 13.6. The molecule has 0 saturated heterocycles. The average Bonchev–Trinajstić information content (AvgIpc) is 3.70. The second kappa shape index (κ2) is 8.11. The summed E-state index contributed by atoms with van der Waals surface area (Å²) in [6.45, 7) is 0. The summed E-state index contributed by atoms with van der Waals surface area (Å²) in [6, 6.07) is 43.6. The summed E-state index contributed by atoms with van der Waals surface area (Å²) in [5.41, 5.74) is 8.78. The van der Waals surface area contributed by atoms with Crippen LogP contribution >= 0.6 is 0 Å². The molecular weight excluding hydrogens is 504 g/mol. The molecule has 0 aliphatic heterocycles. The molecule has 0 amide bonds. The van der Waals surface area contributed by atoms with Crippen molar-refractivity contribution >= 4 is 65.7 Å². The zero-order chi connectivity index (χ0) is 27.1. The van der Waals surface area contributed by atoms with E-state index in [-0.39, 0.29) is 0 Å². The fourth-order valence-electron chi connectivity index (χ4n) is 6.49. The molecule has 41 heavy (non-hydrogen) atoms. The van der Waals surface area contributed by atoms with E-state index in [4.69, 9.17) is 8.83 Å². The number of fused-ring (bicyclic) bond motifs is 10. The Morgan fingerprint density at radius 3 is 2.05 bits per heavy atom. The predicted molar refractivity (Wildman–Crippen MR) is 165 cm³/mol. The van der Waals surface area contributed by atoms with Crippen molar-refractivity contribution in [1.82, 2.24) is 4.57 Å². The Morgan fingerprint density at radius 2 is 1.22 bits per heavy atom. The van der Waals surface area contributed by atoms with Crippen molar-refractivity contribution in [2.24, 2.45) is 0 Å². The van der Waals surface area contributed by atoms with Crippen LogP contribution in [-0.2, 0) is 0 Å². The van der Waals surface area contributed by atoms with Crippen molar-refractivity contribution in [3.8, 4) is 22.9 Å². The number of rotatable bonds is 2. The molecule has 3 aromatic heterocycles. The first-order valence-corrected chi connectivity index (χ1v) is 13.6. The molecule has 0 unspecified atom stereocenters. The average molecular weight is 525 g/mol. The number of aromatic nitrogens is 1. The van der Waals surface area contributed by atoms with E-state index in [1.54, 1.807) is 0 Å². The minimum absolute atomic E-state index is 0.609. The SMILES string of the molecule is N#Cc1cccc(-n2c3ccccc3c3ccc4c5ccccc5oc4c32)c1-c1ccc2oc3ccccc3c2c1. The Balaban J connectivity index is 1.44. The van der Waals surface area contributed by atoms with Gasteiger partial charge in [-0.05, 0) is 54.1 Å². The van der Waals surface area contributed by atoms with Gasteiger partial charge in [0, 0.05) is 37.9 Å². The first-order chi connectivity index (χ1) is 20.3. The van der Waals surface area contributed by atoms with Crippen LogP contribution in [0, 0.1) is 11.3 Å². The minimum Gasteiger partial charge on any atom is -0.456 e. The van der Waals surface area contributed by atoms with Crippen LogP contribution in [0.1, 0.15) is 5.56 Å². The molecule has 0 fully saturated rings. The number of nitriles is 1. The lowest BCUT2D eigenvalue weighted by molar-refractivity contribution is 0.669. The van der Waals surface area contributed by atoms with E-state index in [1.807, 2.05) is 54.6 Å². The maximum absolute atomic E-state index is 10.3. The molecule has 0 bridgehead atoms. The summed E-state index contributed by atoms with van der Waals surface area (Å²) >= 11 is 0. The summed E-state index contributed by atoms with van der Waals surface area (Å²) in [7, 11) is 0. The van der Waals surface area contributed by atoms with E-state index in [9.17, 15) is 5.26 Å². The predicted octanol–water partition coefficient (Wildman–Crippen LogP) is 10.1. The Hall–Kier alpha value is -5.79. The molecule has 0 radical (unpaired) electrons. The number of hydrogen-bond donors (Lipinski definition) is 0. The fraction of sp³-hybridized carbons (Fsp3) is 0. The Morgan fingerprint density at radius 1 is 0.537 bits per heavy atom. The topological polar surface area (TPSA) is 55.0 Å². The summed E-state index contributed by atoms with van der Waals surface area (Å²) in [5.74, 6) is 0. The summed E-state index contributed by atoms with van der Waals surface area (Å²) in [5, 5.41) is 16.8. The summed E-state index contributed by atoms with van der Waals surface area (Å²) in [6.07, 6.45) is 0.